The molecule has 0 N–H and O–H groups in total. The Kier molecular flexibility index (Phi) is 6.94. The Morgan fingerprint density at radius 3 is 1.88 bits per heavy atom. The highest BCUT2D eigenvalue weighted by molar-refractivity contribution is 9.09. The molecule has 0 aromatic rings. The highest BCUT2D eigenvalue weighted by atomic mass is 79.9. The summed E-state index contributed by atoms with van der Waals surface area (Å²) in [5, 5.41) is 1.15. The van der Waals surface area contributed by atoms with Crippen LogP contribution in [0.1, 0.15) is 27.2 Å². The van der Waals surface area contributed by atoms with E-state index in [1.54, 1.807) is 0 Å². The van der Waals surface area contributed by atoms with Gasteiger partial charge in [-0.3, -0.25) is 0 Å². The van der Waals surface area contributed by atoms with Gasteiger partial charge in [-0.1, -0.05) is 43.1 Å². The van der Waals surface area contributed by atoms with E-state index in [1.165, 1.54) is 45.7 Å². The molecule has 1 atom stereocenters. The van der Waals surface area contributed by atoms with Gasteiger partial charge in [0.2, 0.25) is 0 Å². The van der Waals surface area contributed by atoms with Crippen molar-refractivity contribution >= 4 is 15.9 Å². The summed E-state index contributed by atoms with van der Waals surface area (Å²) in [6.07, 6.45) is 1.29. The molecule has 1 unspecified atom stereocenters. The zero-order chi connectivity index (χ0) is 12.0. The van der Waals surface area contributed by atoms with E-state index in [9.17, 15) is 0 Å². The second-order valence-electron chi connectivity index (χ2n) is 5.42. The van der Waals surface area contributed by atoms with Crippen LogP contribution in [0.15, 0.2) is 0 Å². The van der Waals surface area contributed by atoms with Gasteiger partial charge in [0.25, 0.3) is 0 Å². The van der Waals surface area contributed by atoms with Crippen molar-refractivity contribution in [1.29, 1.82) is 0 Å². The molecule has 0 amide bonds. The van der Waals surface area contributed by atoms with Crippen LogP contribution in [-0.4, -0.2) is 54.4 Å². The lowest BCUT2D eigenvalue weighted by atomic mass is 10.1. The summed E-state index contributed by atoms with van der Waals surface area (Å²) in [6, 6.07) is 0. The molecule has 0 saturated carbocycles. The first kappa shape index (κ1) is 14.5. The van der Waals surface area contributed by atoms with Gasteiger partial charge in [0, 0.05) is 44.6 Å². The van der Waals surface area contributed by atoms with Gasteiger partial charge in [-0.15, -0.1) is 0 Å². The molecule has 0 aromatic carbocycles. The fraction of sp³-hybridized carbons (Fsp3) is 1.00. The van der Waals surface area contributed by atoms with Gasteiger partial charge >= 0.3 is 0 Å². The van der Waals surface area contributed by atoms with Crippen LogP contribution in [0.3, 0.4) is 0 Å². The van der Waals surface area contributed by atoms with Crippen molar-refractivity contribution < 1.29 is 0 Å². The third-order valence-electron chi connectivity index (χ3n) is 3.40. The van der Waals surface area contributed by atoms with Crippen molar-refractivity contribution in [3.63, 3.8) is 0 Å². The Labute approximate surface area is 109 Å². The van der Waals surface area contributed by atoms with Gasteiger partial charge in [-0.05, 0) is 11.8 Å². The summed E-state index contributed by atoms with van der Waals surface area (Å²) in [4.78, 5) is 5.24. The number of alkyl halides is 1. The first-order valence-electron chi connectivity index (χ1n) is 6.66. The molecule has 1 heterocycles. The van der Waals surface area contributed by atoms with Crippen LogP contribution < -0.4 is 0 Å². The Balaban J connectivity index is 2.21. The quantitative estimate of drug-likeness (QED) is 0.694. The predicted octanol–water partition coefficient (Wildman–Crippen LogP) is 2.68. The van der Waals surface area contributed by atoms with E-state index in [-0.39, 0.29) is 0 Å². The van der Waals surface area contributed by atoms with Crippen molar-refractivity contribution in [2.45, 2.75) is 27.2 Å². The minimum Gasteiger partial charge on any atom is -0.301 e. The Morgan fingerprint density at radius 1 is 1.00 bits per heavy atom. The summed E-state index contributed by atoms with van der Waals surface area (Å²) in [5.74, 6) is 1.63. The molecule has 2 nitrogen and oxygen atoms in total. The molecule has 0 aliphatic carbocycles. The topological polar surface area (TPSA) is 6.48 Å². The van der Waals surface area contributed by atoms with E-state index in [2.05, 4.69) is 46.5 Å². The van der Waals surface area contributed by atoms with Crippen molar-refractivity contribution in [2.24, 2.45) is 11.8 Å². The SMILES string of the molecule is CCC(CBr)CN1CCN(CC(C)C)CC1. The number of piperazine rings is 1. The second-order valence-corrected chi connectivity index (χ2v) is 6.07. The maximum atomic E-state index is 3.61. The summed E-state index contributed by atoms with van der Waals surface area (Å²) >= 11 is 3.61. The first-order chi connectivity index (χ1) is 7.65. The lowest BCUT2D eigenvalue weighted by Gasteiger charge is -2.36. The van der Waals surface area contributed by atoms with E-state index in [4.69, 9.17) is 0 Å². The summed E-state index contributed by atoms with van der Waals surface area (Å²) < 4.78 is 0. The largest absolute Gasteiger partial charge is 0.301 e. The lowest BCUT2D eigenvalue weighted by Crippen LogP contribution is -2.48. The van der Waals surface area contributed by atoms with Crippen LogP contribution in [-0.2, 0) is 0 Å². The fourth-order valence-corrected chi connectivity index (χ4v) is 2.99. The maximum absolute atomic E-state index is 3.61. The summed E-state index contributed by atoms with van der Waals surface area (Å²) in [5.41, 5.74) is 0. The molecule has 96 valence electrons. The third kappa shape index (κ3) is 5.15. The molecule has 0 aromatic heterocycles. The Hall–Kier alpha value is 0.400. The summed E-state index contributed by atoms with van der Waals surface area (Å²) in [6.45, 7) is 14.5. The average Bonchev–Trinajstić information content (AvgIpc) is 2.27. The zero-order valence-corrected chi connectivity index (χ0v) is 12.7. The Bertz CT molecular complexity index is 173. The number of nitrogens with zero attached hydrogens (tertiary/aromatic N) is 2. The van der Waals surface area contributed by atoms with E-state index in [1.807, 2.05) is 0 Å². The molecule has 1 aliphatic rings. The molecule has 0 radical (unpaired) electrons. The van der Waals surface area contributed by atoms with Gasteiger partial charge in [-0.25, -0.2) is 0 Å². The second kappa shape index (κ2) is 7.67. The maximum Gasteiger partial charge on any atom is 0.0110 e. The molecule has 3 heteroatoms. The van der Waals surface area contributed by atoms with Gasteiger partial charge in [-0.2, -0.15) is 0 Å². The van der Waals surface area contributed by atoms with Crippen LogP contribution in [0.5, 0.6) is 0 Å². The normalized spacial score (nSPS) is 21.6. The average molecular weight is 291 g/mol. The van der Waals surface area contributed by atoms with E-state index in [0.29, 0.717) is 0 Å². The molecular formula is C13H27BrN2. The predicted molar refractivity (Wildman–Crippen MR) is 75.3 cm³/mol. The van der Waals surface area contributed by atoms with E-state index in [0.717, 1.165) is 17.2 Å². The number of halogens is 1. The fourth-order valence-electron chi connectivity index (χ4n) is 2.32. The van der Waals surface area contributed by atoms with Gasteiger partial charge in [0.1, 0.15) is 0 Å². The molecule has 1 aliphatic heterocycles. The molecule has 1 rings (SSSR count). The lowest BCUT2D eigenvalue weighted by molar-refractivity contribution is 0.111. The molecular weight excluding hydrogens is 264 g/mol. The van der Waals surface area contributed by atoms with Crippen LogP contribution in [0.2, 0.25) is 0 Å². The highest BCUT2D eigenvalue weighted by Gasteiger charge is 2.19. The van der Waals surface area contributed by atoms with Crippen LogP contribution >= 0.6 is 15.9 Å². The highest BCUT2D eigenvalue weighted by Crippen LogP contribution is 2.12. The van der Waals surface area contributed by atoms with Gasteiger partial charge in [0.15, 0.2) is 0 Å². The standard InChI is InChI=1S/C13H27BrN2/c1-4-13(9-14)11-16-7-5-15(6-8-16)10-12(2)3/h12-13H,4-11H2,1-3H3. The molecule has 0 spiro atoms. The Morgan fingerprint density at radius 2 is 1.50 bits per heavy atom. The summed E-state index contributed by atoms with van der Waals surface area (Å²) in [7, 11) is 0. The van der Waals surface area contributed by atoms with Crippen molar-refractivity contribution in [2.75, 3.05) is 44.6 Å². The minimum absolute atomic E-state index is 0.803. The molecule has 0 bridgehead atoms. The third-order valence-corrected chi connectivity index (χ3v) is 4.32. The van der Waals surface area contributed by atoms with Gasteiger partial charge in [0.05, 0.1) is 0 Å². The van der Waals surface area contributed by atoms with Crippen LogP contribution in [0.25, 0.3) is 0 Å². The number of rotatable bonds is 6. The molecule has 1 fully saturated rings. The first-order valence-corrected chi connectivity index (χ1v) is 7.78. The molecule has 1 saturated heterocycles. The minimum atomic E-state index is 0.803. The number of hydrogen-bond donors (Lipinski definition) is 0. The van der Waals surface area contributed by atoms with Gasteiger partial charge < -0.3 is 9.80 Å². The molecule has 16 heavy (non-hydrogen) atoms. The smallest absolute Gasteiger partial charge is 0.0110 e. The number of hydrogen-bond acceptors (Lipinski definition) is 2. The zero-order valence-electron chi connectivity index (χ0n) is 11.1. The van der Waals surface area contributed by atoms with Crippen molar-refractivity contribution in [3.05, 3.63) is 0 Å². The monoisotopic (exact) mass is 290 g/mol. The van der Waals surface area contributed by atoms with Crippen LogP contribution in [0.4, 0.5) is 0 Å². The van der Waals surface area contributed by atoms with E-state index < -0.39 is 0 Å². The van der Waals surface area contributed by atoms with Crippen molar-refractivity contribution in [1.82, 2.24) is 9.80 Å². The van der Waals surface area contributed by atoms with E-state index >= 15 is 0 Å². The van der Waals surface area contributed by atoms with Crippen LogP contribution in [0, 0.1) is 11.8 Å². The van der Waals surface area contributed by atoms with Crippen molar-refractivity contribution in [3.8, 4) is 0 Å².